The number of nitrogens with zero attached hydrogens (tertiary/aromatic N) is 1. The second-order valence-corrected chi connectivity index (χ2v) is 5.59. The van der Waals surface area contributed by atoms with Crippen molar-refractivity contribution in [2.45, 2.75) is 26.7 Å². The van der Waals surface area contributed by atoms with Crippen molar-refractivity contribution in [1.29, 1.82) is 0 Å². The number of rotatable bonds is 1. The molecule has 4 heteroatoms. The second-order valence-electron chi connectivity index (χ2n) is 5.59. The van der Waals surface area contributed by atoms with Gasteiger partial charge in [0.25, 0.3) is 5.91 Å². The fourth-order valence-electron chi connectivity index (χ4n) is 2.20. The zero-order chi connectivity index (χ0) is 13.3. The van der Waals surface area contributed by atoms with Gasteiger partial charge in [0, 0.05) is 13.1 Å². The van der Waals surface area contributed by atoms with Crippen molar-refractivity contribution >= 4 is 5.91 Å². The molecule has 3 nitrogen and oxygen atoms in total. The number of hydrogen-bond donors (Lipinski definition) is 1. The number of hydrogen-bond acceptors (Lipinski definition) is 2. The van der Waals surface area contributed by atoms with E-state index in [-0.39, 0.29) is 16.7 Å². The zero-order valence-electron chi connectivity index (χ0n) is 10.7. The van der Waals surface area contributed by atoms with Crippen LogP contribution in [-0.4, -0.2) is 29.0 Å². The van der Waals surface area contributed by atoms with Gasteiger partial charge in [0.1, 0.15) is 17.1 Å². The van der Waals surface area contributed by atoms with E-state index in [4.69, 9.17) is 0 Å². The van der Waals surface area contributed by atoms with Crippen molar-refractivity contribution in [3.63, 3.8) is 0 Å². The molecule has 1 saturated heterocycles. The van der Waals surface area contributed by atoms with Gasteiger partial charge >= 0.3 is 0 Å². The number of phenolic OH excluding ortho intramolecular Hbond substituents is 1. The molecular weight excluding hydrogens is 233 g/mol. The summed E-state index contributed by atoms with van der Waals surface area (Å²) in [7, 11) is 0. The predicted octanol–water partition coefficient (Wildman–Crippen LogP) is 2.79. The van der Waals surface area contributed by atoms with Crippen molar-refractivity contribution in [2.24, 2.45) is 5.41 Å². The number of benzene rings is 1. The lowest BCUT2D eigenvalue weighted by Gasteiger charge is -2.37. The van der Waals surface area contributed by atoms with Gasteiger partial charge in [0.2, 0.25) is 0 Å². The molecule has 0 spiro atoms. The molecule has 0 bridgehead atoms. The Morgan fingerprint density at radius 1 is 1.33 bits per heavy atom. The lowest BCUT2D eigenvalue weighted by Crippen LogP contribution is -2.41. The molecule has 0 atom stereocenters. The lowest BCUT2D eigenvalue weighted by molar-refractivity contribution is 0.0622. The lowest BCUT2D eigenvalue weighted by atomic mass is 9.82. The molecule has 1 aliphatic rings. The number of amides is 1. The van der Waals surface area contributed by atoms with Gasteiger partial charge in [-0.15, -0.1) is 0 Å². The van der Waals surface area contributed by atoms with E-state index >= 15 is 0 Å². The highest BCUT2D eigenvalue weighted by Crippen LogP contribution is 2.31. The highest BCUT2D eigenvalue weighted by Gasteiger charge is 2.30. The van der Waals surface area contributed by atoms with E-state index in [2.05, 4.69) is 13.8 Å². The molecule has 0 unspecified atom stereocenters. The van der Waals surface area contributed by atoms with Gasteiger partial charge in [0.15, 0.2) is 0 Å². The first kappa shape index (κ1) is 12.9. The molecule has 0 saturated carbocycles. The summed E-state index contributed by atoms with van der Waals surface area (Å²) in [5.74, 6) is -1.37. The predicted molar refractivity (Wildman–Crippen MR) is 67.0 cm³/mol. The molecule has 1 aromatic rings. The number of piperidine rings is 1. The average molecular weight is 251 g/mol. The van der Waals surface area contributed by atoms with Crippen LogP contribution in [0.3, 0.4) is 0 Å². The standard InChI is InChI=1S/C14H18FNO2/c1-14(2)6-8-16(9-7-14)13(18)12-10(15)4-3-5-11(12)17/h3-5,17H,6-9H2,1-2H3. The Balaban J connectivity index is 2.18. The summed E-state index contributed by atoms with van der Waals surface area (Å²) >= 11 is 0. The van der Waals surface area contributed by atoms with Crippen LogP contribution in [0.4, 0.5) is 4.39 Å². The third kappa shape index (κ3) is 2.47. The van der Waals surface area contributed by atoms with E-state index in [1.807, 2.05) is 0 Å². The van der Waals surface area contributed by atoms with Crippen LogP contribution in [-0.2, 0) is 0 Å². The van der Waals surface area contributed by atoms with Crippen LogP contribution in [0.2, 0.25) is 0 Å². The maximum absolute atomic E-state index is 13.6. The van der Waals surface area contributed by atoms with E-state index in [1.165, 1.54) is 18.2 Å². The van der Waals surface area contributed by atoms with E-state index in [0.717, 1.165) is 12.8 Å². The second kappa shape index (κ2) is 4.59. The molecule has 1 fully saturated rings. The Hall–Kier alpha value is -1.58. The van der Waals surface area contributed by atoms with Crippen molar-refractivity contribution in [3.8, 4) is 5.75 Å². The molecule has 1 amide bonds. The molecule has 0 aliphatic carbocycles. The molecule has 1 heterocycles. The summed E-state index contributed by atoms with van der Waals surface area (Å²) in [6, 6.07) is 3.92. The molecule has 98 valence electrons. The number of carbonyl (C=O) groups is 1. The summed E-state index contributed by atoms with van der Waals surface area (Å²) in [4.78, 5) is 13.8. The van der Waals surface area contributed by atoms with Gasteiger partial charge in [-0.1, -0.05) is 19.9 Å². The van der Waals surface area contributed by atoms with Crippen LogP contribution in [0, 0.1) is 11.2 Å². The largest absolute Gasteiger partial charge is 0.507 e. The minimum atomic E-state index is -0.662. The fourth-order valence-corrected chi connectivity index (χ4v) is 2.20. The summed E-state index contributed by atoms with van der Waals surface area (Å²) in [6.45, 7) is 5.55. The minimum absolute atomic E-state index is 0.211. The van der Waals surface area contributed by atoms with Gasteiger partial charge in [-0.05, 0) is 30.4 Å². The fraction of sp³-hybridized carbons (Fsp3) is 0.500. The maximum atomic E-state index is 13.6. The van der Waals surface area contributed by atoms with Crippen LogP contribution in [0.5, 0.6) is 5.75 Å². The summed E-state index contributed by atoms with van der Waals surface area (Å²) in [6.07, 6.45) is 1.79. The van der Waals surface area contributed by atoms with Crippen LogP contribution in [0.25, 0.3) is 0 Å². The maximum Gasteiger partial charge on any atom is 0.260 e. The SMILES string of the molecule is CC1(C)CCN(C(=O)c2c(O)cccc2F)CC1. The van der Waals surface area contributed by atoms with Crippen LogP contribution < -0.4 is 0 Å². The topological polar surface area (TPSA) is 40.5 Å². The Labute approximate surface area is 106 Å². The Morgan fingerprint density at radius 2 is 1.94 bits per heavy atom. The van der Waals surface area contributed by atoms with E-state index < -0.39 is 11.7 Å². The van der Waals surface area contributed by atoms with Gasteiger partial charge < -0.3 is 10.0 Å². The molecule has 1 aliphatic heterocycles. The first-order valence-corrected chi connectivity index (χ1v) is 6.17. The normalized spacial score (nSPS) is 18.7. The zero-order valence-corrected chi connectivity index (χ0v) is 10.7. The molecule has 1 aromatic carbocycles. The molecular formula is C14H18FNO2. The highest BCUT2D eigenvalue weighted by molar-refractivity contribution is 5.97. The van der Waals surface area contributed by atoms with Crippen molar-refractivity contribution in [1.82, 2.24) is 4.90 Å². The first-order chi connectivity index (χ1) is 8.41. The van der Waals surface area contributed by atoms with Crippen molar-refractivity contribution in [2.75, 3.05) is 13.1 Å². The number of phenols is 1. The van der Waals surface area contributed by atoms with E-state index in [9.17, 15) is 14.3 Å². The van der Waals surface area contributed by atoms with Gasteiger partial charge in [-0.25, -0.2) is 4.39 Å². The van der Waals surface area contributed by atoms with Gasteiger partial charge in [-0.2, -0.15) is 0 Å². The average Bonchev–Trinajstić information content (AvgIpc) is 2.28. The monoisotopic (exact) mass is 251 g/mol. The molecule has 0 aromatic heterocycles. The van der Waals surface area contributed by atoms with Crippen LogP contribution in [0.1, 0.15) is 37.0 Å². The number of likely N-dealkylation sites (tertiary alicyclic amines) is 1. The van der Waals surface area contributed by atoms with Crippen molar-refractivity contribution < 1.29 is 14.3 Å². The van der Waals surface area contributed by atoms with Gasteiger partial charge in [0.05, 0.1) is 0 Å². The van der Waals surface area contributed by atoms with Gasteiger partial charge in [-0.3, -0.25) is 4.79 Å². The van der Waals surface area contributed by atoms with Crippen LogP contribution in [0.15, 0.2) is 18.2 Å². The Morgan fingerprint density at radius 3 is 2.50 bits per heavy atom. The first-order valence-electron chi connectivity index (χ1n) is 6.17. The number of aromatic hydroxyl groups is 1. The third-order valence-corrected chi connectivity index (χ3v) is 3.61. The summed E-state index contributed by atoms with van der Waals surface area (Å²) < 4.78 is 13.6. The molecule has 1 N–H and O–H groups in total. The molecule has 0 radical (unpaired) electrons. The number of halogens is 1. The third-order valence-electron chi connectivity index (χ3n) is 3.61. The summed E-state index contributed by atoms with van der Waals surface area (Å²) in [5.41, 5.74) is 0.0193. The summed E-state index contributed by atoms with van der Waals surface area (Å²) in [5, 5.41) is 9.61. The quantitative estimate of drug-likeness (QED) is 0.833. The van der Waals surface area contributed by atoms with E-state index in [1.54, 1.807) is 4.90 Å². The Kier molecular flexibility index (Phi) is 3.28. The Bertz CT molecular complexity index is 441. The van der Waals surface area contributed by atoms with Crippen molar-refractivity contribution in [3.05, 3.63) is 29.6 Å². The van der Waals surface area contributed by atoms with Crippen LogP contribution >= 0.6 is 0 Å². The highest BCUT2D eigenvalue weighted by atomic mass is 19.1. The molecule has 2 rings (SSSR count). The minimum Gasteiger partial charge on any atom is -0.507 e. The smallest absolute Gasteiger partial charge is 0.260 e. The molecule has 18 heavy (non-hydrogen) atoms. The number of carbonyl (C=O) groups excluding carboxylic acids is 1. The van der Waals surface area contributed by atoms with E-state index in [0.29, 0.717) is 13.1 Å².